The maximum Gasteiger partial charge on any atom is 0.142 e. The van der Waals surface area contributed by atoms with Gasteiger partial charge in [-0.15, -0.1) is 0 Å². The summed E-state index contributed by atoms with van der Waals surface area (Å²) in [7, 11) is 1.72. The Bertz CT molecular complexity index is 668. The summed E-state index contributed by atoms with van der Waals surface area (Å²) >= 11 is 0. The van der Waals surface area contributed by atoms with Crippen molar-refractivity contribution in [3.8, 4) is 5.75 Å². The van der Waals surface area contributed by atoms with E-state index in [1.807, 2.05) is 18.2 Å². The number of nitrogens with zero attached hydrogens (tertiary/aromatic N) is 4. The highest BCUT2D eigenvalue weighted by Crippen LogP contribution is 2.29. The summed E-state index contributed by atoms with van der Waals surface area (Å²) in [5.74, 6) is 2.78. The van der Waals surface area contributed by atoms with Crippen LogP contribution < -0.4 is 19.9 Å². The van der Waals surface area contributed by atoms with Crippen molar-refractivity contribution in [1.29, 1.82) is 0 Å². The summed E-state index contributed by atoms with van der Waals surface area (Å²) in [5, 5.41) is 3.33. The number of benzene rings is 1. The van der Waals surface area contributed by atoms with Gasteiger partial charge in [0.1, 0.15) is 23.7 Å². The van der Waals surface area contributed by atoms with Crippen molar-refractivity contribution >= 4 is 17.3 Å². The van der Waals surface area contributed by atoms with Crippen LogP contribution in [0.5, 0.6) is 5.75 Å². The van der Waals surface area contributed by atoms with E-state index in [2.05, 4.69) is 51.1 Å². The molecule has 128 valence electrons. The zero-order valence-corrected chi connectivity index (χ0v) is 14.6. The number of hydrogen-bond donors (Lipinski definition) is 1. The standard InChI is InChI=1S/C18H25N5O/c1-14(2)21-17-12-18(20-13-19-17)23-10-8-22(9-11-23)15-6-4-5-7-16(15)24-3/h4-7,12-14H,8-11H2,1-3H3,(H,19,20,21). The number of aromatic nitrogens is 2. The van der Waals surface area contributed by atoms with E-state index in [1.165, 1.54) is 0 Å². The van der Waals surface area contributed by atoms with Gasteiger partial charge in [0.15, 0.2) is 0 Å². The summed E-state index contributed by atoms with van der Waals surface area (Å²) in [6.07, 6.45) is 1.63. The highest BCUT2D eigenvalue weighted by molar-refractivity contribution is 5.59. The van der Waals surface area contributed by atoms with Crippen molar-refractivity contribution in [2.24, 2.45) is 0 Å². The molecule has 1 aliphatic heterocycles. The minimum atomic E-state index is 0.357. The number of ether oxygens (including phenoxy) is 1. The van der Waals surface area contributed by atoms with Crippen LogP contribution in [0.4, 0.5) is 17.3 Å². The van der Waals surface area contributed by atoms with Gasteiger partial charge in [-0.05, 0) is 26.0 Å². The molecule has 0 radical (unpaired) electrons. The van der Waals surface area contributed by atoms with Crippen LogP contribution in [-0.2, 0) is 0 Å². The Hall–Kier alpha value is -2.50. The van der Waals surface area contributed by atoms with E-state index in [4.69, 9.17) is 4.74 Å². The van der Waals surface area contributed by atoms with Crippen LogP contribution in [0.15, 0.2) is 36.7 Å². The third-order valence-electron chi connectivity index (χ3n) is 4.12. The average molecular weight is 327 g/mol. The molecule has 0 aliphatic carbocycles. The first kappa shape index (κ1) is 16.4. The lowest BCUT2D eigenvalue weighted by Crippen LogP contribution is -2.47. The van der Waals surface area contributed by atoms with Crippen LogP contribution in [0, 0.1) is 0 Å². The molecule has 3 rings (SSSR count). The summed E-state index contributed by atoms with van der Waals surface area (Å²) in [6, 6.07) is 10.6. The van der Waals surface area contributed by atoms with Crippen LogP contribution in [-0.4, -0.2) is 49.3 Å². The Morgan fingerprint density at radius 3 is 2.46 bits per heavy atom. The van der Waals surface area contributed by atoms with Crippen molar-refractivity contribution in [1.82, 2.24) is 9.97 Å². The summed E-state index contributed by atoms with van der Waals surface area (Å²) in [5.41, 5.74) is 1.16. The quantitative estimate of drug-likeness (QED) is 0.911. The maximum absolute atomic E-state index is 5.48. The van der Waals surface area contributed by atoms with E-state index in [9.17, 15) is 0 Å². The molecule has 1 aliphatic rings. The van der Waals surface area contributed by atoms with Crippen molar-refractivity contribution in [3.05, 3.63) is 36.7 Å². The molecule has 1 aromatic heterocycles. The van der Waals surface area contributed by atoms with Gasteiger partial charge < -0.3 is 19.9 Å². The molecular formula is C18H25N5O. The topological polar surface area (TPSA) is 53.5 Å². The van der Waals surface area contributed by atoms with Gasteiger partial charge in [-0.25, -0.2) is 9.97 Å². The van der Waals surface area contributed by atoms with Gasteiger partial charge in [-0.2, -0.15) is 0 Å². The third kappa shape index (κ3) is 3.69. The van der Waals surface area contributed by atoms with Crippen LogP contribution in [0.2, 0.25) is 0 Å². The summed E-state index contributed by atoms with van der Waals surface area (Å²) < 4.78 is 5.48. The van der Waals surface area contributed by atoms with E-state index < -0.39 is 0 Å². The number of anilines is 3. The summed E-state index contributed by atoms with van der Waals surface area (Å²) in [4.78, 5) is 13.4. The van der Waals surface area contributed by atoms with E-state index in [0.717, 1.165) is 49.3 Å². The average Bonchev–Trinajstić information content (AvgIpc) is 2.61. The minimum Gasteiger partial charge on any atom is -0.495 e. The zero-order chi connectivity index (χ0) is 16.9. The molecule has 1 aromatic carbocycles. The molecule has 1 saturated heterocycles. The van der Waals surface area contributed by atoms with Gasteiger partial charge in [-0.1, -0.05) is 12.1 Å². The molecule has 2 aromatic rings. The van der Waals surface area contributed by atoms with Crippen LogP contribution in [0.3, 0.4) is 0 Å². The van der Waals surface area contributed by atoms with E-state index >= 15 is 0 Å². The van der Waals surface area contributed by atoms with E-state index in [-0.39, 0.29) is 0 Å². The van der Waals surface area contributed by atoms with Crippen LogP contribution >= 0.6 is 0 Å². The molecular weight excluding hydrogens is 302 g/mol. The van der Waals surface area contributed by atoms with Gasteiger partial charge >= 0.3 is 0 Å². The Morgan fingerprint density at radius 1 is 1.04 bits per heavy atom. The van der Waals surface area contributed by atoms with Gasteiger partial charge in [0.2, 0.25) is 0 Å². The number of hydrogen-bond acceptors (Lipinski definition) is 6. The van der Waals surface area contributed by atoms with Crippen molar-refractivity contribution in [2.75, 3.05) is 48.4 Å². The van der Waals surface area contributed by atoms with Gasteiger partial charge in [-0.3, -0.25) is 0 Å². The van der Waals surface area contributed by atoms with Crippen LogP contribution in [0.1, 0.15) is 13.8 Å². The van der Waals surface area contributed by atoms with E-state index in [1.54, 1.807) is 13.4 Å². The number of para-hydroxylation sites is 2. The third-order valence-corrected chi connectivity index (χ3v) is 4.12. The van der Waals surface area contributed by atoms with Crippen molar-refractivity contribution in [3.63, 3.8) is 0 Å². The molecule has 0 atom stereocenters. The van der Waals surface area contributed by atoms with Gasteiger partial charge in [0.05, 0.1) is 12.8 Å². The fourth-order valence-electron chi connectivity index (χ4n) is 2.96. The largest absolute Gasteiger partial charge is 0.495 e. The summed E-state index contributed by atoms with van der Waals surface area (Å²) in [6.45, 7) is 7.95. The predicted molar refractivity (Wildman–Crippen MR) is 98.2 cm³/mol. The number of nitrogens with one attached hydrogen (secondary N) is 1. The van der Waals surface area contributed by atoms with Gasteiger partial charge in [0.25, 0.3) is 0 Å². The first-order chi connectivity index (χ1) is 11.7. The first-order valence-corrected chi connectivity index (χ1v) is 8.39. The molecule has 0 unspecified atom stereocenters. The molecule has 0 bridgehead atoms. The molecule has 1 fully saturated rings. The smallest absolute Gasteiger partial charge is 0.142 e. The molecule has 1 N–H and O–H groups in total. The lowest BCUT2D eigenvalue weighted by Gasteiger charge is -2.37. The number of methoxy groups -OCH3 is 1. The molecule has 0 spiro atoms. The highest BCUT2D eigenvalue weighted by Gasteiger charge is 2.20. The molecule has 6 heteroatoms. The predicted octanol–water partition coefficient (Wildman–Crippen LogP) is 2.63. The van der Waals surface area contributed by atoms with E-state index in [0.29, 0.717) is 6.04 Å². The fourth-order valence-corrected chi connectivity index (χ4v) is 2.96. The Labute approximate surface area is 143 Å². The molecule has 0 saturated carbocycles. The lowest BCUT2D eigenvalue weighted by molar-refractivity contribution is 0.413. The normalized spacial score (nSPS) is 14.8. The minimum absolute atomic E-state index is 0.357. The second-order valence-electron chi connectivity index (χ2n) is 6.21. The van der Waals surface area contributed by atoms with Crippen molar-refractivity contribution in [2.45, 2.75) is 19.9 Å². The lowest BCUT2D eigenvalue weighted by atomic mass is 10.2. The second kappa shape index (κ2) is 7.38. The Kier molecular flexibility index (Phi) is 5.03. The molecule has 24 heavy (non-hydrogen) atoms. The first-order valence-electron chi connectivity index (χ1n) is 8.39. The van der Waals surface area contributed by atoms with Crippen LogP contribution in [0.25, 0.3) is 0 Å². The molecule has 2 heterocycles. The van der Waals surface area contributed by atoms with Gasteiger partial charge in [0, 0.05) is 38.3 Å². The molecule has 0 amide bonds. The monoisotopic (exact) mass is 327 g/mol. The SMILES string of the molecule is COc1ccccc1N1CCN(c2cc(NC(C)C)ncn2)CC1. The number of piperazine rings is 1. The highest BCUT2D eigenvalue weighted by atomic mass is 16.5. The maximum atomic E-state index is 5.48. The fraction of sp³-hybridized carbons (Fsp3) is 0.444. The molecule has 6 nitrogen and oxygen atoms in total. The second-order valence-corrected chi connectivity index (χ2v) is 6.21. The Morgan fingerprint density at radius 2 is 1.75 bits per heavy atom. The van der Waals surface area contributed by atoms with Crippen molar-refractivity contribution < 1.29 is 4.74 Å². The zero-order valence-electron chi connectivity index (χ0n) is 14.6. The Balaban J connectivity index is 1.67. The number of rotatable bonds is 5.